The topological polar surface area (TPSA) is 68.7 Å². The number of rotatable bonds is 1. The molecule has 128 valence electrons. The third kappa shape index (κ3) is 6.02. The highest BCUT2D eigenvalue weighted by Gasteiger charge is 2.34. The van der Waals surface area contributed by atoms with Gasteiger partial charge in [-0.15, -0.1) is 0 Å². The first-order valence-corrected chi connectivity index (χ1v) is 7.25. The summed E-state index contributed by atoms with van der Waals surface area (Å²) >= 11 is 5.89. The SMILES string of the molecule is CC(C)(C)OC(=O)N(C(=O)OC(C)(C)C)c1cc(F)cnc1Cl. The lowest BCUT2D eigenvalue weighted by molar-refractivity contribution is 0.0430. The summed E-state index contributed by atoms with van der Waals surface area (Å²) in [5, 5.41) is -0.233. The first-order chi connectivity index (χ1) is 10.3. The summed E-state index contributed by atoms with van der Waals surface area (Å²) in [6.07, 6.45) is -1.21. The molecule has 6 nitrogen and oxygen atoms in total. The average molecular weight is 347 g/mol. The van der Waals surface area contributed by atoms with Gasteiger partial charge >= 0.3 is 12.2 Å². The van der Waals surface area contributed by atoms with Crippen LogP contribution in [0.4, 0.5) is 19.7 Å². The molecule has 0 N–H and O–H groups in total. The lowest BCUT2D eigenvalue weighted by atomic mass is 10.2. The van der Waals surface area contributed by atoms with Gasteiger partial charge in [0.05, 0.1) is 11.9 Å². The monoisotopic (exact) mass is 346 g/mol. The minimum absolute atomic E-state index is 0.233. The number of aromatic nitrogens is 1. The van der Waals surface area contributed by atoms with Gasteiger partial charge in [-0.05, 0) is 41.5 Å². The molecule has 1 aromatic heterocycles. The molecule has 0 aromatic carbocycles. The van der Waals surface area contributed by atoms with Crippen LogP contribution < -0.4 is 4.90 Å². The van der Waals surface area contributed by atoms with Gasteiger partial charge in [0.15, 0.2) is 5.15 Å². The summed E-state index contributed by atoms with van der Waals surface area (Å²) in [6.45, 7) is 9.77. The molecular weight excluding hydrogens is 327 g/mol. The zero-order chi connectivity index (χ0) is 18.0. The number of anilines is 1. The van der Waals surface area contributed by atoms with E-state index in [1.54, 1.807) is 41.5 Å². The fourth-order valence-electron chi connectivity index (χ4n) is 1.46. The predicted molar refractivity (Wildman–Crippen MR) is 84.2 cm³/mol. The van der Waals surface area contributed by atoms with Crippen LogP contribution in [0.2, 0.25) is 5.15 Å². The zero-order valence-corrected chi connectivity index (χ0v) is 14.7. The molecule has 0 fully saturated rings. The first kappa shape index (κ1) is 19.2. The maximum atomic E-state index is 13.5. The van der Waals surface area contributed by atoms with Gasteiger partial charge in [-0.25, -0.2) is 19.0 Å². The lowest BCUT2D eigenvalue weighted by Crippen LogP contribution is -2.44. The quantitative estimate of drug-likeness (QED) is 0.698. The van der Waals surface area contributed by atoms with E-state index in [9.17, 15) is 14.0 Å². The number of nitrogens with zero attached hydrogens (tertiary/aromatic N) is 2. The van der Waals surface area contributed by atoms with Crippen LogP contribution in [-0.4, -0.2) is 28.4 Å². The summed E-state index contributed by atoms with van der Waals surface area (Å²) in [4.78, 5) is 28.8. The molecule has 0 aliphatic carbocycles. The Kier molecular flexibility index (Phi) is 5.58. The van der Waals surface area contributed by atoms with E-state index < -0.39 is 29.2 Å². The number of carbonyl (C=O) groups is 2. The standard InChI is InChI=1S/C15H20ClFN2O4/c1-14(2,3)22-12(20)19(13(21)23-15(4,5)6)10-7-9(17)8-18-11(10)16/h7-8H,1-6H3. The smallest absolute Gasteiger partial charge is 0.424 e. The number of amides is 2. The maximum absolute atomic E-state index is 13.5. The third-order valence-corrected chi connectivity index (χ3v) is 2.47. The molecule has 2 amide bonds. The molecule has 1 rings (SSSR count). The van der Waals surface area contributed by atoms with Gasteiger partial charge in [-0.1, -0.05) is 11.6 Å². The molecule has 0 saturated heterocycles. The summed E-state index contributed by atoms with van der Waals surface area (Å²) in [7, 11) is 0. The Labute approximate surface area is 139 Å². The third-order valence-electron chi connectivity index (χ3n) is 2.18. The highest BCUT2D eigenvalue weighted by atomic mass is 35.5. The average Bonchev–Trinajstić information content (AvgIpc) is 2.29. The number of carbonyl (C=O) groups excluding carboxylic acids is 2. The van der Waals surface area contributed by atoms with Crippen molar-refractivity contribution in [1.29, 1.82) is 0 Å². The molecule has 0 bridgehead atoms. The van der Waals surface area contributed by atoms with Crippen molar-refractivity contribution in [3.63, 3.8) is 0 Å². The summed E-state index contributed by atoms with van der Waals surface area (Å²) in [5.41, 5.74) is -2.00. The van der Waals surface area contributed by atoms with Crippen molar-refractivity contribution in [2.24, 2.45) is 0 Å². The second kappa shape index (κ2) is 6.70. The van der Waals surface area contributed by atoms with Gasteiger partial charge in [0.2, 0.25) is 0 Å². The Morgan fingerprint density at radius 1 is 1.09 bits per heavy atom. The second-order valence-corrected chi connectivity index (χ2v) is 7.12. The lowest BCUT2D eigenvalue weighted by Gasteiger charge is -2.28. The van der Waals surface area contributed by atoms with Crippen LogP contribution in [-0.2, 0) is 9.47 Å². The van der Waals surface area contributed by atoms with Gasteiger partial charge in [0.1, 0.15) is 17.0 Å². The normalized spacial score (nSPS) is 11.8. The van der Waals surface area contributed by atoms with Gasteiger partial charge in [0, 0.05) is 6.07 Å². The molecule has 8 heteroatoms. The van der Waals surface area contributed by atoms with Crippen molar-refractivity contribution < 1.29 is 23.5 Å². The van der Waals surface area contributed by atoms with E-state index in [0.29, 0.717) is 4.90 Å². The molecule has 0 spiro atoms. The van der Waals surface area contributed by atoms with Gasteiger partial charge < -0.3 is 9.47 Å². The highest BCUT2D eigenvalue weighted by molar-refractivity contribution is 6.33. The van der Waals surface area contributed by atoms with Crippen molar-refractivity contribution in [1.82, 2.24) is 4.98 Å². The molecule has 1 heterocycles. The molecule has 0 saturated carbocycles. The number of hydrogen-bond donors (Lipinski definition) is 0. The molecule has 0 unspecified atom stereocenters. The highest BCUT2D eigenvalue weighted by Crippen LogP contribution is 2.28. The second-order valence-electron chi connectivity index (χ2n) is 6.76. The molecule has 0 radical (unpaired) electrons. The molecule has 0 aliphatic rings. The number of pyridine rings is 1. The van der Waals surface area contributed by atoms with Crippen LogP contribution in [0.15, 0.2) is 12.3 Å². The predicted octanol–water partition coefficient (Wildman–Crippen LogP) is 4.55. The number of ether oxygens (including phenoxy) is 2. The van der Waals surface area contributed by atoms with Crippen LogP contribution >= 0.6 is 11.6 Å². The Bertz CT molecular complexity index is 580. The molecule has 1 aromatic rings. The summed E-state index contributed by atoms with van der Waals surface area (Å²) < 4.78 is 23.8. The summed E-state index contributed by atoms with van der Waals surface area (Å²) in [5.74, 6) is -0.762. The van der Waals surface area contributed by atoms with E-state index in [4.69, 9.17) is 21.1 Å². The maximum Gasteiger partial charge on any atom is 0.424 e. The van der Waals surface area contributed by atoms with Crippen molar-refractivity contribution in [3.05, 3.63) is 23.2 Å². The Hall–Kier alpha value is -1.89. The number of halogens is 2. The minimum Gasteiger partial charge on any atom is -0.443 e. The number of hydrogen-bond acceptors (Lipinski definition) is 5. The van der Waals surface area contributed by atoms with Crippen LogP contribution in [0.3, 0.4) is 0 Å². The van der Waals surface area contributed by atoms with Gasteiger partial charge in [-0.3, -0.25) is 0 Å². The van der Waals surface area contributed by atoms with E-state index in [1.165, 1.54) is 0 Å². The van der Waals surface area contributed by atoms with Crippen LogP contribution in [0.5, 0.6) is 0 Å². The van der Waals surface area contributed by atoms with E-state index >= 15 is 0 Å². The molecule has 0 atom stereocenters. The van der Waals surface area contributed by atoms with E-state index in [1.807, 2.05) is 0 Å². The van der Waals surface area contributed by atoms with E-state index in [-0.39, 0.29) is 10.8 Å². The van der Waals surface area contributed by atoms with Crippen LogP contribution in [0, 0.1) is 5.82 Å². The molecule has 23 heavy (non-hydrogen) atoms. The van der Waals surface area contributed by atoms with Crippen molar-refractivity contribution in [3.8, 4) is 0 Å². The Morgan fingerprint density at radius 2 is 1.52 bits per heavy atom. The zero-order valence-electron chi connectivity index (χ0n) is 13.9. The van der Waals surface area contributed by atoms with Crippen molar-refractivity contribution in [2.45, 2.75) is 52.7 Å². The fourth-order valence-corrected chi connectivity index (χ4v) is 1.64. The fraction of sp³-hybridized carbons (Fsp3) is 0.533. The summed E-state index contributed by atoms with van der Waals surface area (Å²) in [6, 6.07) is 0.906. The van der Waals surface area contributed by atoms with E-state index in [2.05, 4.69) is 4.98 Å². The van der Waals surface area contributed by atoms with Gasteiger partial charge in [0.25, 0.3) is 0 Å². The van der Waals surface area contributed by atoms with Crippen LogP contribution in [0.1, 0.15) is 41.5 Å². The van der Waals surface area contributed by atoms with Crippen molar-refractivity contribution >= 4 is 29.5 Å². The molecular formula is C15H20ClFN2O4. The van der Waals surface area contributed by atoms with Crippen molar-refractivity contribution in [2.75, 3.05) is 4.90 Å². The first-order valence-electron chi connectivity index (χ1n) is 6.87. The van der Waals surface area contributed by atoms with Gasteiger partial charge in [-0.2, -0.15) is 4.90 Å². The van der Waals surface area contributed by atoms with Crippen LogP contribution in [0.25, 0.3) is 0 Å². The Balaban J connectivity index is 3.28. The minimum atomic E-state index is -1.04. The van der Waals surface area contributed by atoms with E-state index in [0.717, 1.165) is 12.3 Å². The Morgan fingerprint density at radius 3 is 1.91 bits per heavy atom. The number of imide groups is 1. The molecule has 0 aliphatic heterocycles. The largest absolute Gasteiger partial charge is 0.443 e.